The van der Waals surface area contributed by atoms with Crippen molar-refractivity contribution in [2.45, 2.75) is 19.9 Å². The Labute approximate surface area is 161 Å². The molecule has 0 bridgehead atoms. The first-order valence-corrected chi connectivity index (χ1v) is 9.07. The second-order valence-corrected chi connectivity index (χ2v) is 6.48. The number of aromatic nitrogens is 1. The molecule has 0 unspecified atom stereocenters. The van der Waals surface area contributed by atoms with Crippen molar-refractivity contribution in [1.82, 2.24) is 9.88 Å². The Morgan fingerprint density at radius 3 is 2.61 bits per heavy atom. The van der Waals surface area contributed by atoms with Gasteiger partial charge < -0.3 is 20.3 Å². The molecule has 0 fully saturated rings. The number of aromatic amines is 1. The van der Waals surface area contributed by atoms with E-state index < -0.39 is 11.8 Å². The number of carbonyl (C=O) groups excluding carboxylic acids is 1. The summed E-state index contributed by atoms with van der Waals surface area (Å²) in [6.07, 6.45) is 0.876. The second kappa shape index (κ2) is 8.67. The van der Waals surface area contributed by atoms with Crippen molar-refractivity contribution in [2.75, 3.05) is 18.5 Å². The van der Waals surface area contributed by atoms with Crippen molar-refractivity contribution < 1.29 is 14.3 Å². The van der Waals surface area contributed by atoms with Gasteiger partial charge in [-0.2, -0.15) is 0 Å². The van der Waals surface area contributed by atoms with E-state index in [0.717, 1.165) is 22.9 Å². The molecule has 0 aliphatic carbocycles. The van der Waals surface area contributed by atoms with Gasteiger partial charge in [0, 0.05) is 23.3 Å². The maximum atomic E-state index is 13.0. The topological polar surface area (TPSA) is 85.4 Å². The quantitative estimate of drug-likeness (QED) is 0.611. The molecule has 3 rings (SSSR count). The predicted octanol–water partition coefficient (Wildman–Crippen LogP) is 3.26. The van der Waals surface area contributed by atoms with E-state index in [1.165, 1.54) is 29.2 Å². The Morgan fingerprint density at radius 2 is 1.93 bits per heavy atom. The van der Waals surface area contributed by atoms with E-state index in [2.05, 4.69) is 17.2 Å². The third kappa shape index (κ3) is 4.55. The summed E-state index contributed by atoms with van der Waals surface area (Å²) in [5.74, 6) is -0.403. The lowest BCUT2D eigenvalue weighted by molar-refractivity contribution is 0.185. The highest BCUT2D eigenvalue weighted by Crippen LogP contribution is 2.16. The molecule has 1 heterocycles. The SMILES string of the molecule is CCc1ccc2[nH]c(=O)c(CN(CCO)C(=O)Nc3ccc(F)cc3)cc2c1. The number of anilines is 1. The van der Waals surface area contributed by atoms with Gasteiger partial charge in [-0.25, -0.2) is 9.18 Å². The normalized spacial score (nSPS) is 10.8. The Bertz CT molecular complexity index is 1030. The standard InChI is InChI=1S/C21H22FN3O3/c1-2-14-3-8-19-15(11-14)12-16(20(27)24-19)13-25(9-10-26)21(28)23-18-6-4-17(22)5-7-18/h3-8,11-12,26H,2,9-10,13H2,1H3,(H,23,28)(H,24,27). The van der Waals surface area contributed by atoms with Gasteiger partial charge in [0.2, 0.25) is 0 Å². The molecule has 0 aliphatic rings. The van der Waals surface area contributed by atoms with Gasteiger partial charge in [0.1, 0.15) is 5.82 Å². The number of hydrogen-bond acceptors (Lipinski definition) is 3. The monoisotopic (exact) mass is 383 g/mol. The van der Waals surface area contributed by atoms with E-state index in [9.17, 15) is 19.1 Å². The molecule has 0 atom stereocenters. The second-order valence-electron chi connectivity index (χ2n) is 6.48. The lowest BCUT2D eigenvalue weighted by Crippen LogP contribution is -2.38. The van der Waals surface area contributed by atoms with E-state index in [-0.39, 0.29) is 25.3 Å². The largest absolute Gasteiger partial charge is 0.395 e. The molecule has 28 heavy (non-hydrogen) atoms. The summed E-state index contributed by atoms with van der Waals surface area (Å²) >= 11 is 0. The van der Waals surface area contributed by atoms with Crippen LogP contribution in [0.5, 0.6) is 0 Å². The molecule has 1 aromatic heterocycles. The van der Waals surface area contributed by atoms with Crippen molar-refractivity contribution in [3.8, 4) is 0 Å². The van der Waals surface area contributed by atoms with Crippen LogP contribution in [0.25, 0.3) is 10.9 Å². The van der Waals surface area contributed by atoms with Gasteiger partial charge >= 0.3 is 6.03 Å². The molecule has 0 spiro atoms. The molecule has 0 radical (unpaired) electrons. The molecule has 146 valence electrons. The minimum atomic E-state index is -0.484. The number of H-pyrrole nitrogens is 1. The van der Waals surface area contributed by atoms with Crippen LogP contribution in [0.4, 0.5) is 14.9 Å². The van der Waals surface area contributed by atoms with Gasteiger partial charge in [0.05, 0.1) is 13.2 Å². The van der Waals surface area contributed by atoms with E-state index in [1.54, 1.807) is 6.07 Å². The van der Waals surface area contributed by atoms with Crippen LogP contribution in [0.3, 0.4) is 0 Å². The zero-order valence-corrected chi connectivity index (χ0v) is 15.5. The van der Waals surface area contributed by atoms with Crippen molar-refractivity contribution >= 4 is 22.6 Å². The molecule has 0 saturated heterocycles. The fraction of sp³-hybridized carbons (Fsp3) is 0.238. The number of nitrogens with zero attached hydrogens (tertiary/aromatic N) is 1. The third-order valence-electron chi connectivity index (χ3n) is 4.51. The first-order chi connectivity index (χ1) is 13.5. The van der Waals surface area contributed by atoms with E-state index >= 15 is 0 Å². The number of pyridine rings is 1. The number of aliphatic hydroxyl groups excluding tert-OH is 1. The summed E-state index contributed by atoms with van der Waals surface area (Å²) in [5.41, 5.74) is 2.44. The van der Waals surface area contributed by atoms with Crippen LogP contribution in [-0.2, 0) is 13.0 Å². The van der Waals surface area contributed by atoms with Crippen molar-refractivity contribution in [2.24, 2.45) is 0 Å². The van der Waals surface area contributed by atoms with Crippen molar-refractivity contribution in [3.05, 3.63) is 75.8 Å². The Balaban J connectivity index is 1.84. The Morgan fingerprint density at radius 1 is 1.18 bits per heavy atom. The van der Waals surface area contributed by atoms with Crippen LogP contribution in [0.2, 0.25) is 0 Å². The number of carbonyl (C=O) groups is 1. The molecule has 6 nitrogen and oxygen atoms in total. The number of aliphatic hydroxyl groups is 1. The number of urea groups is 1. The molecule has 3 N–H and O–H groups in total. The van der Waals surface area contributed by atoms with Gasteiger partial charge in [0.25, 0.3) is 5.56 Å². The zero-order chi connectivity index (χ0) is 20.1. The third-order valence-corrected chi connectivity index (χ3v) is 4.51. The average molecular weight is 383 g/mol. The van der Waals surface area contributed by atoms with Crippen LogP contribution in [-0.4, -0.2) is 34.2 Å². The number of amides is 2. The highest BCUT2D eigenvalue weighted by molar-refractivity contribution is 5.89. The summed E-state index contributed by atoms with van der Waals surface area (Å²) in [6.45, 7) is 1.90. The van der Waals surface area contributed by atoms with Crippen LogP contribution in [0.1, 0.15) is 18.1 Å². The fourth-order valence-electron chi connectivity index (χ4n) is 2.95. The number of hydrogen-bond donors (Lipinski definition) is 3. The van der Waals surface area contributed by atoms with Crippen LogP contribution in [0.15, 0.2) is 53.3 Å². The molecule has 2 aromatic carbocycles. The van der Waals surface area contributed by atoms with Gasteiger partial charge in [-0.1, -0.05) is 13.0 Å². The van der Waals surface area contributed by atoms with Gasteiger partial charge in [-0.3, -0.25) is 4.79 Å². The Hall–Kier alpha value is -3.19. The van der Waals surface area contributed by atoms with Crippen LogP contribution in [0, 0.1) is 5.82 Å². The number of fused-ring (bicyclic) bond motifs is 1. The molecule has 0 saturated carbocycles. The highest BCUT2D eigenvalue weighted by atomic mass is 19.1. The number of aryl methyl sites for hydroxylation is 1. The number of rotatable bonds is 6. The summed E-state index contributed by atoms with van der Waals surface area (Å²) in [6, 6.07) is 12.5. The zero-order valence-electron chi connectivity index (χ0n) is 15.5. The van der Waals surface area contributed by atoms with Crippen molar-refractivity contribution in [3.63, 3.8) is 0 Å². The maximum absolute atomic E-state index is 13.0. The lowest BCUT2D eigenvalue weighted by atomic mass is 10.1. The molecule has 3 aromatic rings. The number of benzene rings is 2. The Kier molecular flexibility index (Phi) is 6.06. The van der Waals surface area contributed by atoms with E-state index in [1.807, 2.05) is 18.2 Å². The number of halogens is 1. The lowest BCUT2D eigenvalue weighted by Gasteiger charge is -2.22. The van der Waals surface area contributed by atoms with Crippen LogP contribution < -0.4 is 10.9 Å². The van der Waals surface area contributed by atoms with Gasteiger partial charge in [-0.05, 0) is 59.8 Å². The molecule has 0 aliphatic heterocycles. The van der Waals surface area contributed by atoms with Crippen LogP contribution >= 0.6 is 0 Å². The molecule has 2 amide bonds. The minimum absolute atomic E-state index is 0.0369. The van der Waals surface area contributed by atoms with E-state index in [4.69, 9.17) is 0 Å². The summed E-state index contributed by atoms with van der Waals surface area (Å²) in [7, 11) is 0. The summed E-state index contributed by atoms with van der Waals surface area (Å²) in [5, 5.41) is 12.9. The molecule has 7 heteroatoms. The molecular weight excluding hydrogens is 361 g/mol. The number of nitrogens with one attached hydrogen (secondary N) is 2. The molecular formula is C21H22FN3O3. The van der Waals surface area contributed by atoms with E-state index in [0.29, 0.717) is 11.3 Å². The first-order valence-electron chi connectivity index (χ1n) is 9.07. The predicted molar refractivity (Wildman–Crippen MR) is 107 cm³/mol. The van der Waals surface area contributed by atoms with Crippen molar-refractivity contribution in [1.29, 1.82) is 0 Å². The maximum Gasteiger partial charge on any atom is 0.322 e. The minimum Gasteiger partial charge on any atom is -0.395 e. The highest BCUT2D eigenvalue weighted by Gasteiger charge is 2.16. The average Bonchev–Trinajstić information content (AvgIpc) is 2.69. The summed E-state index contributed by atoms with van der Waals surface area (Å²) < 4.78 is 13.0. The summed E-state index contributed by atoms with van der Waals surface area (Å²) in [4.78, 5) is 29.2. The van der Waals surface area contributed by atoms with Gasteiger partial charge in [0.15, 0.2) is 0 Å². The first kappa shape index (κ1) is 19.6. The fourth-order valence-corrected chi connectivity index (χ4v) is 2.95. The van der Waals surface area contributed by atoms with Gasteiger partial charge in [-0.15, -0.1) is 0 Å². The smallest absolute Gasteiger partial charge is 0.322 e.